The van der Waals surface area contributed by atoms with Gasteiger partial charge >= 0.3 is 6.03 Å². The van der Waals surface area contributed by atoms with Gasteiger partial charge in [-0.3, -0.25) is 0 Å². The molecule has 7 heteroatoms. The maximum Gasteiger partial charge on any atom is 0.315 e. The summed E-state index contributed by atoms with van der Waals surface area (Å²) >= 11 is 0. The molecule has 1 saturated carbocycles. The number of pyridine rings is 1. The fourth-order valence-corrected chi connectivity index (χ4v) is 2.51. The van der Waals surface area contributed by atoms with Crippen molar-refractivity contribution in [3.05, 3.63) is 23.9 Å². The summed E-state index contributed by atoms with van der Waals surface area (Å²) in [6, 6.07) is 5.46. The van der Waals surface area contributed by atoms with Crippen LogP contribution in [-0.2, 0) is 4.74 Å². The first-order chi connectivity index (χ1) is 11.2. The molecule has 0 unspecified atom stereocenters. The molecule has 1 aromatic heterocycles. The van der Waals surface area contributed by atoms with Crippen LogP contribution in [0.3, 0.4) is 0 Å². The first-order valence-electron chi connectivity index (χ1n) is 7.77. The average Bonchev–Trinajstić information content (AvgIpc) is 2.57. The molecular weight excluding hydrogens is 296 g/mol. The number of urea groups is 1. The molecule has 1 aliphatic rings. The van der Waals surface area contributed by atoms with E-state index in [0.29, 0.717) is 24.6 Å². The largest absolute Gasteiger partial charge is 0.474 e. The van der Waals surface area contributed by atoms with Crippen LogP contribution < -0.4 is 15.4 Å². The van der Waals surface area contributed by atoms with Crippen molar-refractivity contribution in [2.24, 2.45) is 0 Å². The van der Waals surface area contributed by atoms with Gasteiger partial charge in [-0.2, -0.15) is 5.26 Å². The van der Waals surface area contributed by atoms with Crippen molar-refractivity contribution in [2.45, 2.75) is 37.8 Å². The Labute approximate surface area is 136 Å². The molecule has 1 aromatic rings. The molecule has 1 aliphatic carbocycles. The number of rotatable bonds is 6. The van der Waals surface area contributed by atoms with E-state index in [9.17, 15) is 4.79 Å². The topological polar surface area (TPSA) is 96.3 Å². The van der Waals surface area contributed by atoms with E-state index in [4.69, 9.17) is 14.7 Å². The number of amides is 2. The van der Waals surface area contributed by atoms with Crippen molar-refractivity contribution in [3.63, 3.8) is 0 Å². The SMILES string of the molecule is COCCNC(=O)NC1CCC(Oc2ccc(C#N)cn2)CC1. The number of hydrogen-bond acceptors (Lipinski definition) is 5. The lowest BCUT2D eigenvalue weighted by Gasteiger charge is -2.29. The van der Waals surface area contributed by atoms with E-state index in [0.717, 1.165) is 25.7 Å². The molecule has 0 spiro atoms. The van der Waals surface area contributed by atoms with Crippen molar-refractivity contribution in [1.82, 2.24) is 15.6 Å². The number of carbonyl (C=O) groups excluding carboxylic acids is 1. The van der Waals surface area contributed by atoms with E-state index in [1.165, 1.54) is 6.20 Å². The molecule has 0 bridgehead atoms. The summed E-state index contributed by atoms with van der Waals surface area (Å²) in [5, 5.41) is 14.5. The standard InChI is InChI=1S/C16H22N4O3/c1-22-9-8-18-16(21)20-13-3-5-14(6-4-13)23-15-7-2-12(10-17)11-19-15/h2,7,11,13-14H,3-6,8-9H2,1H3,(H2,18,20,21). The Hall–Kier alpha value is -2.33. The molecule has 2 rings (SSSR count). The third-order valence-electron chi connectivity index (χ3n) is 3.75. The Kier molecular flexibility index (Phi) is 6.63. The van der Waals surface area contributed by atoms with Gasteiger partial charge in [0.25, 0.3) is 0 Å². The molecular formula is C16H22N4O3. The molecule has 2 amide bonds. The van der Waals surface area contributed by atoms with Gasteiger partial charge in [0.2, 0.25) is 5.88 Å². The van der Waals surface area contributed by atoms with Crippen molar-refractivity contribution >= 4 is 6.03 Å². The highest BCUT2D eigenvalue weighted by Gasteiger charge is 2.23. The number of ether oxygens (including phenoxy) is 2. The normalized spacial score (nSPS) is 20.3. The fourth-order valence-electron chi connectivity index (χ4n) is 2.51. The molecule has 1 fully saturated rings. The second kappa shape index (κ2) is 8.96. The molecule has 0 saturated heterocycles. The van der Waals surface area contributed by atoms with Gasteiger partial charge in [-0.25, -0.2) is 9.78 Å². The Morgan fingerprint density at radius 2 is 2.17 bits per heavy atom. The smallest absolute Gasteiger partial charge is 0.315 e. The predicted molar refractivity (Wildman–Crippen MR) is 84.0 cm³/mol. The quantitative estimate of drug-likeness (QED) is 0.776. The van der Waals surface area contributed by atoms with Crippen molar-refractivity contribution in [2.75, 3.05) is 20.3 Å². The number of methoxy groups -OCH3 is 1. The molecule has 2 N–H and O–H groups in total. The number of hydrogen-bond donors (Lipinski definition) is 2. The van der Waals surface area contributed by atoms with E-state index >= 15 is 0 Å². The van der Waals surface area contributed by atoms with Gasteiger partial charge in [0.15, 0.2) is 0 Å². The van der Waals surface area contributed by atoms with Crippen molar-refractivity contribution in [3.8, 4) is 11.9 Å². The summed E-state index contributed by atoms with van der Waals surface area (Å²) in [7, 11) is 1.60. The minimum Gasteiger partial charge on any atom is -0.474 e. The van der Waals surface area contributed by atoms with Gasteiger partial charge in [-0.1, -0.05) is 0 Å². The van der Waals surface area contributed by atoms with Crippen LogP contribution in [0.1, 0.15) is 31.2 Å². The Morgan fingerprint density at radius 3 is 2.78 bits per heavy atom. The van der Waals surface area contributed by atoms with Crippen LogP contribution in [0.15, 0.2) is 18.3 Å². The van der Waals surface area contributed by atoms with Crippen LogP contribution in [0.5, 0.6) is 5.88 Å². The van der Waals surface area contributed by atoms with Crippen LogP contribution in [0.25, 0.3) is 0 Å². The molecule has 0 aliphatic heterocycles. The maximum absolute atomic E-state index is 11.7. The van der Waals surface area contributed by atoms with Gasteiger partial charge in [0, 0.05) is 32.0 Å². The van der Waals surface area contributed by atoms with E-state index < -0.39 is 0 Å². The van der Waals surface area contributed by atoms with Crippen molar-refractivity contribution in [1.29, 1.82) is 5.26 Å². The van der Waals surface area contributed by atoms with Crippen LogP contribution in [0.2, 0.25) is 0 Å². The van der Waals surface area contributed by atoms with Gasteiger partial charge in [0.1, 0.15) is 12.2 Å². The first kappa shape index (κ1) is 17.0. The molecule has 0 radical (unpaired) electrons. The Morgan fingerprint density at radius 1 is 1.39 bits per heavy atom. The summed E-state index contributed by atoms with van der Waals surface area (Å²) in [6.45, 7) is 1.01. The van der Waals surface area contributed by atoms with E-state index in [-0.39, 0.29) is 18.2 Å². The highest BCUT2D eigenvalue weighted by Crippen LogP contribution is 2.22. The Balaban J connectivity index is 1.69. The van der Waals surface area contributed by atoms with E-state index in [2.05, 4.69) is 15.6 Å². The summed E-state index contributed by atoms with van der Waals surface area (Å²) in [4.78, 5) is 15.8. The van der Waals surface area contributed by atoms with Crippen molar-refractivity contribution < 1.29 is 14.3 Å². The number of carbonyl (C=O) groups is 1. The lowest BCUT2D eigenvalue weighted by atomic mass is 9.93. The second-order valence-electron chi connectivity index (χ2n) is 5.48. The van der Waals surface area contributed by atoms with Gasteiger partial charge < -0.3 is 20.1 Å². The lowest BCUT2D eigenvalue weighted by Crippen LogP contribution is -2.45. The monoisotopic (exact) mass is 318 g/mol. The molecule has 23 heavy (non-hydrogen) atoms. The van der Waals surface area contributed by atoms with E-state index in [1.807, 2.05) is 6.07 Å². The third-order valence-corrected chi connectivity index (χ3v) is 3.75. The fraction of sp³-hybridized carbons (Fsp3) is 0.562. The highest BCUT2D eigenvalue weighted by atomic mass is 16.5. The summed E-state index contributed by atoms with van der Waals surface area (Å²) < 4.78 is 10.7. The minimum atomic E-state index is -0.153. The maximum atomic E-state index is 11.7. The molecule has 0 atom stereocenters. The molecule has 0 aromatic carbocycles. The van der Waals surface area contributed by atoms with Crippen LogP contribution in [0, 0.1) is 11.3 Å². The predicted octanol–water partition coefficient (Wildman–Crippen LogP) is 1.59. The zero-order valence-corrected chi connectivity index (χ0v) is 13.2. The lowest BCUT2D eigenvalue weighted by molar-refractivity contribution is 0.134. The van der Waals surface area contributed by atoms with Crippen LogP contribution in [-0.4, -0.2) is 43.4 Å². The molecule has 1 heterocycles. The van der Waals surface area contributed by atoms with E-state index in [1.54, 1.807) is 19.2 Å². The summed E-state index contributed by atoms with van der Waals surface area (Å²) in [6.07, 6.45) is 5.09. The summed E-state index contributed by atoms with van der Waals surface area (Å²) in [5.41, 5.74) is 0.518. The molecule has 7 nitrogen and oxygen atoms in total. The number of nitriles is 1. The number of nitrogens with zero attached hydrogens (tertiary/aromatic N) is 2. The number of aromatic nitrogens is 1. The van der Waals surface area contributed by atoms with Gasteiger partial charge in [0.05, 0.1) is 12.2 Å². The van der Waals surface area contributed by atoms with Crippen LogP contribution in [0.4, 0.5) is 4.79 Å². The third kappa shape index (κ3) is 5.75. The Bertz CT molecular complexity index is 533. The summed E-state index contributed by atoms with van der Waals surface area (Å²) in [5.74, 6) is 0.540. The minimum absolute atomic E-state index is 0.102. The zero-order chi connectivity index (χ0) is 16.5. The van der Waals surface area contributed by atoms with Crippen LogP contribution >= 0.6 is 0 Å². The average molecular weight is 318 g/mol. The van der Waals surface area contributed by atoms with Gasteiger partial charge in [-0.15, -0.1) is 0 Å². The second-order valence-corrected chi connectivity index (χ2v) is 5.48. The molecule has 124 valence electrons. The zero-order valence-electron chi connectivity index (χ0n) is 13.2. The van der Waals surface area contributed by atoms with Gasteiger partial charge in [-0.05, 0) is 31.7 Å². The highest BCUT2D eigenvalue weighted by molar-refractivity contribution is 5.74. The number of nitrogens with one attached hydrogen (secondary N) is 2. The first-order valence-corrected chi connectivity index (χ1v) is 7.77.